The number of hydrogen-bond acceptors (Lipinski definition) is 4. The number of hydrogen-bond donors (Lipinski definition) is 0. The first-order valence-electron chi connectivity index (χ1n) is 10.1. The molecule has 160 valence electrons. The molecule has 8 heteroatoms. The van der Waals surface area contributed by atoms with Gasteiger partial charge < -0.3 is 9.80 Å². The highest BCUT2D eigenvalue weighted by Gasteiger charge is 2.22. The van der Waals surface area contributed by atoms with Crippen LogP contribution in [-0.4, -0.2) is 46.8 Å². The van der Waals surface area contributed by atoms with E-state index in [1.165, 1.54) is 28.9 Å². The average molecular weight is 441 g/mol. The van der Waals surface area contributed by atoms with Crippen LogP contribution in [0.3, 0.4) is 0 Å². The summed E-state index contributed by atoms with van der Waals surface area (Å²) in [6.45, 7) is 4.31. The van der Waals surface area contributed by atoms with Gasteiger partial charge in [0.25, 0.3) is 11.5 Å². The highest BCUT2D eigenvalue weighted by Crippen LogP contribution is 2.19. The first kappa shape index (κ1) is 21.1. The second-order valence-electron chi connectivity index (χ2n) is 7.54. The number of amides is 1. The van der Waals surface area contributed by atoms with Crippen LogP contribution in [0.25, 0.3) is 5.69 Å². The molecule has 1 saturated heterocycles. The summed E-state index contributed by atoms with van der Waals surface area (Å²) in [7, 11) is 0. The molecule has 0 N–H and O–H groups in total. The molecular weight excluding hydrogens is 419 g/mol. The van der Waals surface area contributed by atoms with Crippen molar-refractivity contribution in [2.75, 3.05) is 31.1 Å². The Bertz CT molecular complexity index is 1160. The first-order valence-corrected chi connectivity index (χ1v) is 10.5. The van der Waals surface area contributed by atoms with Gasteiger partial charge in [0.1, 0.15) is 11.6 Å². The van der Waals surface area contributed by atoms with E-state index in [2.05, 4.69) is 10.00 Å². The van der Waals surface area contributed by atoms with Gasteiger partial charge in [-0.15, -0.1) is 5.10 Å². The zero-order valence-electron chi connectivity index (χ0n) is 17.1. The molecule has 3 aromatic rings. The van der Waals surface area contributed by atoms with Crippen LogP contribution in [0.1, 0.15) is 22.3 Å². The van der Waals surface area contributed by atoms with Crippen LogP contribution in [0.4, 0.5) is 10.2 Å². The standard InChI is InChI=1S/C23H22ClFN4O2/c1-16-3-6-18(7-4-16)29-22(30)10-9-21(26-29)27-11-2-12-28(14-13-27)23(31)17-5-8-20(25)19(24)15-17/h3-10,15H,2,11-14H2,1H3. The van der Waals surface area contributed by atoms with Gasteiger partial charge in [-0.3, -0.25) is 9.59 Å². The number of anilines is 1. The van der Waals surface area contributed by atoms with Crippen molar-refractivity contribution in [1.29, 1.82) is 0 Å². The van der Waals surface area contributed by atoms with Crippen molar-refractivity contribution in [3.05, 3.63) is 86.9 Å². The van der Waals surface area contributed by atoms with Crippen LogP contribution >= 0.6 is 11.6 Å². The molecule has 0 atom stereocenters. The van der Waals surface area contributed by atoms with Gasteiger partial charge in [0.2, 0.25) is 0 Å². The highest BCUT2D eigenvalue weighted by atomic mass is 35.5. The van der Waals surface area contributed by atoms with Crippen LogP contribution in [0.5, 0.6) is 0 Å². The molecule has 1 aliphatic rings. The molecule has 0 aliphatic carbocycles. The van der Waals surface area contributed by atoms with Gasteiger partial charge in [-0.1, -0.05) is 29.3 Å². The van der Waals surface area contributed by atoms with Gasteiger partial charge >= 0.3 is 0 Å². The maximum Gasteiger partial charge on any atom is 0.271 e. The number of carbonyl (C=O) groups is 1. The third kappa shape index (κ3) is 4.61. The van der Waals surface area contributed by atoms with Gasteiger partial charge in [-0.05, 0) is 49.7 Å². The number of benzene rings is 2. The molecule has 1 amide bonds. The molecule has 1 fully saturated rings. The molecule has 4 rings (SSSR count). The minimum Gasteiger partial charge on any atom is -0.353 e. The van der Waals surface area contributed by atoms with Crippen molar-refractivity contribution in [2.24, 2.45) is 0 Å². The second kappa shape index (κ2) is 8.89. The van der Waals surface area contributed by atoms with E-state index in [1.807, 2.05) is 31.2 Å². The van der Waals surface area contributed by atoms with Gasteiger partial charge in [-0.25, -0.2) is 4.39 Å². The second-order valence-corrected chi connectivity index (χ2v) is 7.95. The lowest BCUT2D eigenvalue weighted by Gasteiger charge is -2.23. The zero-order valence-corrected chi connectivity index (χ0v) is 17.8. The lowest BCUT2D eigenvalue weighted by molar-refractivity contribution is 0.0767. The lowest BCUT2D eigenvalue weighted by atomic mass is 10.2. The summed E-state index contributed by atoms with van der Waals surface area (Å²) in [5.41, 5.74) is 1.98. The van der Waals surface area contributed by atoms with E-state index in [0.29, 0.717) is 43.2 Å². The smallest absolute Gasteiger partial charge is 0.271 e. The molecule has 2 heterocycles. The van der Waals surface area contributed by atoms with E-state index in [0.717, 1.165) is 12.0 Å². The summed E-state index contributed by atoms with van der Waals surface area (Å²) in [6.07, 6.45) is 0.742. The van der Waals surface area contributed by atoms with Crippen molar-refractivity contribution >= 4 is 23.3 Å². The van der Waals surface area contributed by atoms with E-state index in [4.69, 9.17) is 11.6 Å². The number of aryl methyl sites for hydroxylation is 1. The van der Waals surface area contributed by atoms with Crippen LogP contribution in [0.15, 0.2) is 59.4 Å². The molecule has 0 bridgehead atoms. The number of nitrogens with zero attached hydrogens (tertiary/aromatic N) is 4. The Morgan fingerprint density at radius 3 is 2.52 bits per heavy atom. The van der Waals surface area contributed by atoms with Gasteiger partial charge in [-0.2, -0.15) is 4.68 Å². The molecule has 0 radical (unpaired) electrons. The quantitative estimate of drug-likeness (QED) is 0.623. The molecule has 0 saturated carbocycles. The molecule has 0 unspecified atom stereocenters. The Morgan fingerprint density at radius 2 is 1.77 bits per heavy atom. The van der Waals surface area contributed by atoms with Crippen molar-refractivity contribution in [1.82, 2.24) is 14.7 Å². The third-order valence-electron chi connectivity index (χ3n) is 5.34. The Labute approximate surface area is 184 Å². The molecule has 1 aliphatic heterocycles. The highest BCUT2D eigenvalue weighted by molar-refractivity contribution is 6.31. The average Bonchev–Trinajstić information content (AvgIpc) is 3.03. The SMILES string of the molecule is Cc1ccc(-n2nc(N3CCCN(C(=O)c4ccc(F)c(Cl)c4)CC3)ccc2=O)cc1. The van der Waals surface area contributed by atoms with Crippen LogP contribution in [0.2, 0.25) is 5.02 Å². The summed E-state index contributed by atoms with van der Waals surface area (Å²) >= 11 is 5.83. The van der Waals surface area contributed by atoms with E-state index in [9.17, 15) is 14.0 Å². The number of carbonyl (C=O) groups excluding carboxylic acids is 1. The first-order chi connectivity index (χ1) is 14.9. The largest absolute Gasteiger partial charge is 0.353 e. The van der Waals surface area contributed by atoms with Gasteiger partial charge in [0.05, 0.1) is 10.7 Å². The maximum absolute atomic E-state index is 13.4. The maximum atomic E-state index is 13.4. The third-order valence-corrected chi connectivity index (χ3v) is 5.63. The van der Waals surface area contributed by atoms with E-state index in [1.54, 1.807) is 11.0 Å². The fourth-order valence-corrected chi connectivity index (χ4v) is 3.78. The fraction of sp³-hybridized carbons (Fsp3) is 0.261. The van der Waals surface area contributed by atoms with Gasteiger partial charge in [0.15, 0.2) is 0 Å². The van der Waals surface area contributed by atoms with Crippen molar-refractivity contribution < 1.29 is 9.18 Å². The zero-order chi connectivity index (χ0) is 22.0. The minimum absolute atomic E-state index is 0.0649. The number of rotatable bonds is 3. The summed E-state index contributed by atoms with van der Waals surface area (Å²) in [6, 6.07) is 14.8. The number of halogens is 2. The van der Waals surface area contributed by atoms with Crippen LogP contribution in [-0.2, 0) is 0 Å². The molecule has 0 spiro atoms. The van der Waals surface area contributed by atoms with Crippen molar-refractivity contribution in [3.63, 3.8) is 0 Å². The van der Waals surface area contributed by atoms with E-state index in [-0.39, 0.29) is 16.5 Å². The Kier molecular flexibility index (Phi) is 6.04. The predicted molar refractivity (Wildman–Crippen MR) is 119 cm³/mol. The summed E-state index contributed by atoms with van der Waals surface area (Å²) < 4.78 is 14.8. The summed E-state index contributed by atoms with van der Waals surface area (Å²) in [5, 5.41) is 4.49. The van der Waals surface area contributed by atoms with Crippen molar-refractivity contribution in [2.45, 2.75) is 13.3 Å². The Hall–Kier alpha value is -3.19. The fourth-order valence-electron chi connectivity index (χ4n) is 3.60. The monoisotopic (exact) mass is 440 g/mol. The molecule has 1 aromatic heterocycles. The lowest BCUT2D eigenvalue weighted by Crippen LogP contribution is -2.36. The molecule has 2 aromatic carbocycles. The molecular formula is C23H22ClFN4O2. The normalized spacial score (nSPS) is 14.4. The summed E-state index contributed by atoms with van der Waals surface area (Å²) in [5.74, 6) is -0.0457. The topological polar surface area (TPSA) is 58.4 Å². The van der Waals surface area contributed by atoms with Crippen molar-refractivity contribution in [3.8, 4) is 5.69 Å². The number of aromatic nitrogens is 2. The predicted octanol–water partition coefficient (Wildman–Crippen LogP) is 3.69. The Balaban J connectivity index is 1.51. The minimum atomic E-state index is -0.546. The molecule has 6 nitrogen and oxygen atoms in total. The van der Waals surface area contributed by atoms with Gasteiger partial charge in [0, 0.05) is 37.8 Å². The van der Waals surface area contributed by atoms with E-state index < -0.39 is 5.82 Å². The molecule has 31 heavy (non-hydrogen) atoms. The van der Waals surface area contributed by atoms with Crippen LogP contribution < -0.4 is 10.5 Å². The van der Waals surface area contributed by atoms with Crippen LogP contribution in [0, 0.1) is 12.7 Å². The summed E-state index contributed by atoms with van der Waals surface area (Å²) in [4.78, 5) is 29.0. The Morgan fingerprint density at radius 1 is 1.00 bits per heavy atom. The van der Waals surface area contributed by atoms with E-state index >= 15 is 0 Å².